The normalized spacial score (nSPS) is 14.9. The zero-order valence-corrected chi connectivity index (χ0v) is 33.9. The van der Waals surface area contributed by atoms with Crippen LogP contribution >= 0.6 is 0 Å². The monoisotopic (exact) mass is 783 g/mol. The summed E-state index contributed by atoms with van der Waals surface area (Å²) in [5, 5.41) is 8.36. The smallest absolute Gasteiger partial charge is 0.208 e. The standard InChI is InChI=1S/C57H41N3O/c1-57(2)50-23-13-11-21-44(50)45-30-29-43(35-51(45)57)60(42-27-25-37(26-28-42)36-15-5-3-6-16-36)56-58-52-24-14-12-22-46(52)54(59-56)41-32-47(38-17-7-4-8-18-38)55-49(33-41)48-31-39-19-9-10-20-40(39)34-53(48)61-55/h3-35,54H,1-2H3,(H,58,59). The van der Waals surface area contributed by atoms with Crippen LogP contribution in [0.5, 0.6) is 0 Å². The van der Waals surface area contributed by atoms with Crippen LogP contribution in [0.4, 0.5) is 17.1 Å². The van der Waals surface area contributed by atoms with Gasteiger partial charge in [0.1, 0.15) is 17.2 Å². The quantitative estimate of drug-likeness (QED) is 0.189. The molecule has 2 heterocycles. The van der Waals surface area contributed by atoms with Gasteiger partial charge in [0.25, 0.3) is 0 Å². The second-order valence-corrected chi connectivity index (χ2v) is 16.8. The summed E-state index contributed by atoms with van der Waals surface area (Å²) in [6.07, 6.45) is 0. The van der Waals surface area contributed by atoms with Crippen LogP contribution in [-0.4, -0.2) is 5.96 Å². The third-order valence-electron chi connectivity index (χ3n) is 12.9. The van der Waals surface area contributed by atoms with Crippen molar-refractivity contribution in [1.29, 1.82) is 0 Å². The average molecular weight is 784 g/mol. The summed E-state index contributed by atoms with van der Waals surface area (Å²) in [6.45, 7) is 4.68. The van der Waals surface area contributed by atoms with Gasteiger partial charge in [-0.15, -0.1) is 0 Å². The molecule has 2 aliphatic rings. The Labute approximate surface area is 355 Å². The molecule has 0 saturated carbocycles. The number of furan rings is 1. The summed E-state index contributed by atoms with van der Waals surface area (Å²) < 4.78 is 6.79. The van der Waals surface area contributed by atoms with Gasteiger partial charge in [-0.1, -0.05) is 159 Å². The van der Waals surface area contributed by atoms with E-state index < -0.39 is 0 Å². The first-order valence-electron chi connectivity index (χ1n) is 21.1. The molecule has 1 atom stereocenters. The Morgan fingerprint density at radius 2 is 1.15 bits per heavy atom. The van der Waals surface area contributed by atoms with E-state index in [4.69, 9.17) is 9.41 Å². The fourth-order valence-electron chi connectivity index (χ4n) is 9.80. The molecular formula is C57H41N3O. The number of hydrogen-bond acceptors (Lipinski definition) is 4. The van der Waals surface area contributed by atoms with Crippen molar-refractivity contribution in [2.45, 2.75) is 25.3 Å². The number of aliphatic imine (C=N–C) groups is 1. The Morgan fingerprint density at radius 3 is 1.95 bits per heavy atom. The molecule has 0 radical (unpaired) electrons. The van der Waals surface area contributed by atoms with Crippen LogP contribution in [0.1, 0.15) is 42.1 Å². The van der Waals surface area contributed by atoms with E-state index in [1.807, 2.05) is 0 Å². The van der Waals surface area contributed by atoms with Gasteiger partial charge in [0.15, 0.2) is 0 Å². The summed E-state index contributed by atoms with van der Waals surface area (Å²) in [7, 11) is 0. The number of fused-ring (bicyclic) bond motifs is 8. The Balaban J connectivity index is 1.07. The minimum atomic E-state index is -0.314. The first-order chi connectivity index (χ1) is 30.0. The Kier molecular flexibility index (Phi) is 7.91. The molecule has 1 N–H and O–H groups in total. The maximum atomic E-state index is 6.79. The highest BCUT2D eigenvalue weighted by atomic mass is 16.3. The molecule has 1 aromatic heterocycles. The zero-order chi connectivity index (χ0) is 40.7. The maximum absolute atomic E-state index is 6.79. The van der Waals surface area contributed by atoms with E-state index >= 15 is 0 Å². The molecule has 0 spiro atoms. The molecule has 0 amide bonds. The Hall–Kier alpha value is -7.69. The lowest BCUT2D eigenvalue weighted by Crippen LogP contribution is -2.36. The molecule has 4 nitrogen and oxygen atoms in total. The van der Waals surface area contributed by atoms with Crippen LogP contribution in [0.2, 0.25) is 0 Å². The van der Waals surface area contributed by atoms with Crippen LogP contribution in [0.3, 0.4) is 0 Å². The number of anilines is 3. The molecule has 290 valence electrons. The van der Waals surface area contributed by atoms with Crippen LogP contribution in [-0.2, 0) is 5.41 Å². The third-order valence-corrected chi connectivity index (χ3v) is 12.9. The van der Waals surface area contributed by atoms with Crippen LogP contribution < -0.4 is 10.2 Å². The minimum absolute atomic E-state index is 0.163. The summed E-state index contributed by atoms with van der Waals surface area (Å²) in [5.74, 6) is 0.758. The molecule has 1 aliphatic carbocycles. The van der Waals surface area contributed by atoms with Crippen molar-refractivity contribution in [3.05, 3.63) is 222 Å². The molecule has 0 saturated heterocycles. The van der Waals surface area contributed by atoms with E-state index in [-0.39, 0.29) is 11.5 Å². The number of para-hydroxylation sites is 1. The number of rotatable bonds is 5. The molecule has 61 heavy (non-hydrogen) atoms. The molecule has 1 unspecified atom stereocenters. The number of nitrogens with one attached hydrogen (secondary N) is 1. The molecule has 0 fully saturated rings. The van der Waals surface area contributed by atoms with Gasteiger partial charge in [-0.3, -0.25) is 4.90 Å². The molecule has 0 bridgehead atoms. The molecular weight excluding hydrogens is 743 g/mol. The lowest BCUT2D eigenvalue weighted by atomic mass is 9.82. The largest absolute Gasteiger partial charge is 0.455 e. The van der Waals surface area contributed by atoms with Gasteiger partial charge in [0.2, 0.25) is 5.96 Å². The second kappa shape index (κ2) is 13.7. The Bertz CT molecular complexity index is 3360. The first kappa shape index (κ1) is 35.3. The second-order valence-electron chi connectivity index (χ2n) is 16.8. The first-order valence-corrected chi connectivity index (χ1v) is 21.1. The number of guanidine groups is 1. The van der Waals surface area contributed by atoms with Crippen LogP contribution in [0, 0.1) is 0 Å². The summed E-state index contributed by atoms with van der Waals surface area (Å²) in [4.78, 5) is 8.05. The van der Waals surface area contributed by atoms with Crippen molar-refractivity contribution in [1.82, 2.24) is 0 Å². The summed E-state index contributed by atoms with van der Waals surface area (Å²) in [5.41, 5.74) is 16.7. The van der Waals surface area contributed by atoms with E-state index in [1.54, 1.807) is 0 Å². The minimum Gasteiger partial charge on any atom is -0.455 e. The summed E-state index contributed by atoms with van der Waals surface area (Å²) in [6, 6.07) is 71.6. The van der Waals surface area contributed by atoms with E-state index in [9.17, 15) is 0 Å². The van der Waals surface area contributed by atoms with Crippen molar-refractivity contribution < 1.29 is 4.42 Å². The van der Waals surface area contributed by atoms with Gasteiger partial charge in [0.05, 0.1) is 0 Å². The molecule has 12 rings (SSSR count). The molecule has 10 aromatic rings. The highest BCUT2D eigenvalue weighted by Gasteiger charge is 2.36. The average Bonchev–Trinajstić information content (AvgIpc) is 3.79. The van der Waals surface area contributed by atoms with Crippen molar-refractivity contribution in [2.75, 3.05) is 10.2 Å². The van der Waals surface area contributed by atoms with E-state index in [0.717, 1.165) is 72.6 Å². The lowest BCUT2D eigenvalue weighted by Gasteiger charge is -2.34. The molecule has 1 aliphatic heterocycles. The van der Waals surface area contributed by atoms with Crippen LogP contribution in [0.15, 0.2) is 210 Å². The maximum Gasteiger partial charge on any atom is 0.208 e. The number of nitrogens with zero attached hydrogens (tertiary/aromatic N) is 2. The molecule has 4 heteroatoms. The van der Waals surface area contributed by atoms with Crippen molar-refractivity contribution in [3.8, 4) is 33.4 Å². The Morgan fingerprint density at radius 1 is 0.508 bits per heavy atom. The summed E-state index contributed by atoms with van der Waals surface area (Å²) >= 11 is 0. The lowest BCUT2D eigenvalue weighted by molar-refractivity contribution is 0.660. The fraction of sp³-hybridized carbons (Fsp3) is 0.0702. The highest BCUT2D eigenvalue weighted by molar-refractivity contribution is 6.15. The SMILES string of the molecule is CC1(C)c2ccccc2-c2ccc(N(C3=NC(c4cc(-c5ccccc5)c5oc6cc7ccccc7cc6c5c4)c4ccccc4N3)c3ccc(-c4ccccc4)cc3)cc21. The van der Waals surface area contributed by atoms with Crippen molar-refractivity contribution in [3.63, 3.8) is 0 Å². The molecule has 9 aromatic carbocycles. The van der Waals surface area contributed by atoms with E-state index in [2.05, 4.69) is 224 Å². The van der Waals surface area contributed by atoms with E-state index in [0.29, 0.717) is 0 Å². The van der Waals surface area contributed by atoms with Crippen molar-refractivity contribution in [2.24, 2.45) is 4.99 Å². The van der Waals surface area contributed by atoms with E-state index in [1.165, 1.54) is 38.8 Å². The van der Waals surface area contributed by atoms with Gasteiger partial charge in [0, 0.05) is 44.4 Å². The zero-order valence-electron chi connectivity index (χ0n) is 33.9. The van der Waals surface area contributed by atoms with Gasteiger partial charge in [-0.05, 0) is 110 Å². The van der Waals surface area contributed by atoms with Gasteiger partial charge in [-0.25, -0.2) is 4.99 Å². The topological polar surface area (TPSA) is 40.8 Å². The fourth-order valence-corrected chi connectivity index (χ4v) is 9.80. The van der Waals surface area contributed by atoms with Crippen LogP contribution in [0.25, 0.3) is 66.1 Å². The predicted molar refractivity (Wildman–Crippen MR) is 254 cm³/mol. The van der Waals surface area contributed by atoms with Gasteiger partial charge in [-0.2, -0.15) is 0 Å². The number of benzene rings is 9. The highest BCUT2D eigenvalue weighted by Crippen LogP contribution is 2.51. The number of hydrogen-bond donors (Lipinski definition) is 1. The van der Waals surface area contributed by atoms with Gasteiger partial charge < -0.3 is 9.73 Å². The third kappa shape index (κ3) is 5.71. The van der Waals surface area contributed by atoms with Gasteiger partial charge >= 0.3 is 0 Å². The van der Waals surface area contributed by atoms with Crippen molar-refractivity contribution >= 4 is 55.7 Å². The predicted octanol–water partition coefficient (Wildman–Crippen LogP) is 15.1.